The Kier molecular flexibility index (Phi) is 7.32. The van der Waals surface area contributed by atoms with Crippen molar-refractivity contribution in [3.05, 3.63) is 65.4 Å². The van der Waals surface area contributed by atoms with Gasteiger partial charge in [-0.1, -0.05) is 24.3 Å². The number of ether oxygens (including phenoxy) is 4. The zero-order valence-corrected chi connectivity index (χ0v) is 17.1. The zero-order valence-electron chi connectivity index (χ0n) is 17.1. The summed E-state index contributed by atoms with van der Waals surface area (Å²) in [5, 5.41) is 0. The van der Waals surface area contributed by atoms with Gasteiger partial charge in [0.2, 0.25) is 5.76 Å². The van der Waals surface area contributed by atoms with Gasteiger partial charge in [0.25, 0.3) is 5.91 Å². The van der Waals surface area contributed by atoms with Crippen molar-refractivity contribution >= 4 is 18.0 Å². The van der Waals surface area contributed by atoms with Crippen LogP contribution >= 0.6 is 0 Å². The van der Waals surface area contributed by atoms with E-state index in [2.05, 4.69) is 0 Å². The van der Waals surface area contributed by atoms with Gasteiger partial charge in [0.05, 0.1) is 25.3 Å². The molecule has 0 radical (unpaired) electrons. The summed E-state index contributed by atoms with van der Waals surface area (Å²) in [6, 6.07) is 14.4. The number of fused-ring (bicyclic) bond motifs is 1. The van der Waals surface area contributed by atoms with Crippen molar-refractivity contribution in [2.45, 2.75) is 13.8 Å². The number of nitrogens with zero attached hydrogens (tertiary/aromatic N) is 1. The Bertz CT molecular complexity index is 906. The lowest BCUT2D eigenvalue weighted by Gasteiger charge is -2.28. The second-order valence-electron chi connectivity index (χ2n) is 6.42. The summed E-state index contributed by atoms with van der Waals surface area (Å²) in [7, 11) is 0. The fraction of sp³-hybridized carbons (Fsp3) is 0.304. The maximum Gasteiger partial charge on any atom is 0.373 e. The fourth-order valence-corrected chi connectivity index (χ4v) is 2.91. The van der Waals surface area contributed by atoms with Crippen LogP contribution in [0.15, 0.2) is 54.3 Å². The summed E-state index contributed by atoms with van der Waals surface area (Å²) >= 11 is 0. The van der Waals surface area contributed by atoms with E-state index < -0.39 is 5.97 Å². The summed E-state index contributed by atoms with van der Waals surface area (Å²) < 4.78 is 21.7. The highest BCUT2D eigenvalue weighted by Crippen LogP contribution is 2.24. The van der Waals surface area contributed by atoms with Crippen LogP contribution in [0.1, 0.15) is 29.8 Å². The van der Waals surface area contributed by atoms with E-state index in [0.29, 0.717) is 36.8 Å². The third kappa shape index (κ3) is 5.31. The average molecular weight is 411 g/mol. The van der Waals surface area contributed by atoms with E-state index in [4.69, 9.17) is 18.9 Å². The number of carbonyl (C=O) groups excluding carboxylic acids is 2. The van der Waals surface area contributed by atoms with Gasteiger partial charge in [-0.25, -0.2) is 4.79 Å². The standard InChI is InChI=1S/C23H25NO6/c1-3-27-21(23(26)28-4-2)15-17-9-11-18(12-10-17)29-14-13-24-16-30-20-8-6-5-7-19(20)22(24)25/h5-12,15H,3-4,13-14,16H2,1-2H3. The SMILES string of the molecule is CCOC(=O)C(=Cc1ccc(OCCN2COc3ccccc3C2=O)cc1)OCC. The van der Waals surface area contributed by atoms with Gasteiger partial charge in [0, 0.05) is 0 Å². The molecule has 0 saturated carbocycles. The number of para-hydroxylation sites is 1. The van der Waals surface area contributed by atoms with Gasteiger partial charge >= 0.3 is 5.97 Å². The molecule has 0 saturated heterocycles. The first kappa shape index (κ1) is 21.2. The highest BCUT2D eigenvalue weighted by molar-refractivity contribution is 5.97. The van der Waals surface area contributed by atoms with Crippen LogP contribution in [0.5, 0.6) is 11.5 Å². The average Bonchev–Trinajstić information content (AvgIpc) is 2.76. The molecule has 0 spiro atoms. The van der Waals surface area contributed by atoms with Crippen molar-refractivity contribution in [2.75, 3.05) is 33.1 Å². The van der Waals surface area contributed by atoms with Gasteiger partial charge in [-0.3, -0.25) is 4.79 Å². The number of rotatable bonds is 9. The van der Waals surface area contributed by atoms with E-state index in [9.17, 15) is 9.59 Å². The maximum atomic E-state index is 12.5. The number of carbonyl (C=O) groups is 2. The molecule has 0 bridgehead atoms. The molecule has 0 N–H and O–H groups in total. The van der Waals surface area contributed by atoms with Gasteiger partial charge in [-0.05, 0) is 49.8 Å². The van der Waals surface area contributed by atoms with Gasteiger partial charge < -0.3 is 23.8 Å². The first-order valence-corrected chi connectivity index (χ1v) is 9.88. The third-order valence-corrected chi connectivity index (χ3v) is 4.36. The molecule has 1 amide bonds. The molecule has 2 aromatic carbocycles. The monoisotopic (exact) mass is 411 g/mol. The van der Waals surface area contributed by atoms with Gasteiger partial charge in [-0.2, -0.15) is 0 Å². The summed E-state index contributed by atoms with van der Waals surface area (Å²) in [6.45, 7) is 5.15. The quantitative estimate of drug-likeness (QED) is 0.357. The van der Waals surface area contributed by atoms with Gasteiger partial charge in [0.15, 0.2) is 6.73 Å². The van der Waals surface area contributed by atoms with Crippen LogP contribution < -0.4 is 9.47 Å². The molecular formula is C23H25NO6. The molecule has 3 rings (SSSR count). The van der Waals surface area contributed by atoms with E-state index in [1.54, 1.807) is 49.1 Å². The lowest BCUT2D eigenvalue weighted by Crippen LogP contribution is -2.40. The number of benzene rings is 2. The van der Waals surface area contributed by atoms with Crippen LogP contribution in [0.25, 0.3) is 6.08 Å². The highest BCUT2D eigenvalue weighted by atomic mass is 16.6. The Labute approximate surface area is 175 Å². The Morgan fingerprint density at radius 3 is 2.53 bits per heavy atom. The molecule has 0 atom stereocenters. The summed E-state index contributed by atoms with van der Waals surface area (Å²) in [5.74, 6) is 0.875. The molecule has 7 heteroatoms. The van der Waals surface area contributed by atoms with Crippen LogP contribution in [-0.2, 0) is 14.3 Å². The molecule has 1 aliphatic heterocycles. The molecule has 0 aliphatic carbocycles. The minimum Gasteiger partial charge on any atom is -0.492 e. The minimum atomic E-state index is -0.491. The second-order valence-corrected chi connectivity index (χ2v) is 6.42. The minimum absolute atomic E-state index is 0.0663. The largest absolute Gasteiger partial charge is 0.492 e. The molecule has 1 heterocycles. The molecule has 158 valence electrons. The van der Waals surface area contributed by atoms with E-state index >= 15 is 0 Å². The zero-order chi connectivity index (χ0) is 21.3. The molecule has 1 aliphatic rings. The normalized spacial score (nSPS) is 13.3. The number of hydrogen-bond donors (Lipinski definition) is 0. The molecular weight excluding hydrogens is 386 g/mol. The van der Waals surface area contributed by atoms with Crippen molar-refractivity contribution in [1.29, 1.82) is 0 Å². The highest BCUT2D eigenvalue weighted by Gasteiger charge is 2.24. The molecule has 0 unspecified atom stereocenters. The Hall–Kier alpha value is -3.48. The number of esters is 1. The number of amides is 1. The van der Waals surface area contributed by atoms with Crippen molar-refractivity contribution < 1.29 is 28.5 Å². The van der Waals surface area contributed by atoms with E-state index in [1.165, 1.54) is 0 Å². The summed E-state index contributed by atoms with van der Waals surface area (Å²) in [5.41, 5.74) is 1.35. The van der Waals surface area contributed by atoms with Crippen molar-refractivity contribution in [3.8, 4) is 11.5 Å². The van der Waals surface area contributed by atoms with E-state index in [0.717, 1.165) is 5.56 Å². The van der Waals surface area contributed by atoms with Crippen LogP contribution in [0.3, 0.4) is 0 Å². The fourth-order valence-electron chi connectivity index (χ4n) is 2.91. The van der Waals surface area contributed by atoms with Gasteiger partial charge in [0.1, 0.15) is 18.1 Å². The summed E-state index contributed by atoms with van der Waals surface area (Å²) in [4.78, 5) is 26.0. The number of hydrogen-bond acceptors (Lipinski definition) is 6. The molecule has 0 aromatic heterocycles. The smallest absolute Gasteiger partial charge is 0.373 e. The predicted octanol–water partition coefficient (Wildman–Crippen LogP) is 3.50. The van der Waals surface area contributed by atoms with E-state index in [1.807, 2.05) is 24.3 Å². The lowest BCUT2D eigenvalue weighted by atomic mass is 10.1. The first-order valence-electron chi connectivity index (χ1n) is 9.88. The van der Waals surface area contributed by atoms with Crippen LogP contribution in [0.2, 0.25) is 0 Å². The Balaban J connectivity index is 1.54. The van der Waals surface area contributed by atoms with Crippen LogP contribution in [0, 0.1) is 0 Å². The molecule has 7 nitrogen and oxygen atoms in total. The predicted molar refractivity (Wildman–Crippen MR) is 111 cm³/mol. The third-order valence-electron chi connectivity index (χ3n) is 4.36. The summed E-state index contributed by atoms with van der Waals surface area (Å²) in [6.07, 6.45) is 1.63. The molecule has 2 aromatic rings. The van der Waals surface area contributed by atoms with Gasteiger partial charge in [-0.15, -0.1) is 0 Å². The maximum absolute atomic E-state index is 12.5. The Morgan fingerprint density at radius 2 is 1.80 bits per heavy atom. The van der Waals surface area contributed by atoms with Crippen LogP contribution in [-0.4, -0.2) is 49.9 Å². The van der Waals surface area contributed by atoms with Crippen molar-refractivity contribution in [3.63, 3.8) is 0 Å². The molecule has 30 heavy (non-hydrogen) atoms. The molecule has 0 fully saturated rings. The van der Waals surface area contributed by atoms with Crippen LogP contribution in [0.4, 0.5) is 0 Å². The topological polar surface area (TPSA) is 74.3 Å². The first-order chi connectivity index (χ1) is 14.6. The lowest BCUT2D eigenvalue weighted by molar-refractivity contribution is -0.142. The van der Waals surface area contributed by atoms with Crippen molar-refractivity contribution in [2.24, 2.45) is 0 Å². The van der Waals surface area contributed by atoms with Crippen molar-refractivity contribution in [1.82, 2.24) is 4.90 Å². The Morgan fingerprint density at radius 1 is 1.07 bits per heavy atom. The second kappa shape index (κ2) is 10.3. The van der Waals surface area contributed by atoms with E-state index in [-0.39, 0.29) is 25.0 Å².